The van der Waals surface area contributed by atoms with Crippen LogP contribution in [0.25, 0.3) is 0 Å². The number of benzene rings is 1. The Labute approximate surface area is 126 Å². The number of aryl methyl sites for hydroxylation is 1. The van der Waals surface area contributed by atoms with Crippen LogP contribution in [0.4, 0.5) is 10.1 Å². The molecule has 0 bridgehead atoms. The van der Waals surface area contributed by atoms with Gasteiger partial charge in [-0.15, -0.1) is 0 Å². The summed E-state index contributed by atoms with van der Waals surface area (Å²) < 4.78 is 14.8. The molecule has 7 heteroatoms. The van der Waals surface area contributed by atoms with Crippen LogP contribution in [0, 0.1) is 12.7 Å². The van der Waals surface area contributed by atoms with Crippen LogP contribution in [0.15, 0.2) is 24.4 Å². The van der Waals surface area contributed by atoms with Crippen molar-refractivity contribution in [3.8, 4) is 0 Å². The van der Waals surface area contributed by atoms with E-state index in [4.69, 9.17) is 23.8 Å². The number of aromatic nitrogens is 2. The molecule has 2 rings (SSSR count). The predicted octanol–water partition coefficient (Wildman–Crippen LogP) is 3.01. The molecule has 106 valence electrons. The Bertz CT molecular complexity index is 641. The van der Waals surface area contributed by atoms with E-state index in [0.29, 0.717) is 17.3 Å². The molecule has 1 aromatic carbocycles. The Balaban J connectivity index is 1.92. The highest BCUT2D eigenvalue weighted by molar-refractivity contribution is 7.80. The lowest BCUT2D eigenvalue weighted by molar-refractivity contribution is 0.628. The lowest BCUT2D eigenvalue weighted by Crippen LogP contribution is -2.28. The summed E-state index contributed by atoms with van der Waals surface area (Å²) in [5.74, 6) is -0.456. The molecule has 2 aromatic rings. The van der Waals surface area contributed by atoms with Gasteiger partial charge in [-0.05, 0) is 37.3 Å². The first-order valence-corrected chi connectivity index (χ1v) is 6.73. The van der Waals surface area contributed by atoms with Gasteiger partial charge in [0.25, 0.3) is 0 Å². The maximum Gasteiger partial charge on any atom is 0.171 e. The van der Waals surface area contributed by atoms with E-state index in [2.05, 4.69) is 15.7 Å². The number of rotatable bonds is 3. The summed E-state index contributed by atoms with van der Waals surface area (Å²) in [5, 5.41) is 10.7. The molecule has 0 aliphatic rings. The van der Waals surface area contributed by atoms with Crippen molar-refractivity contribution in [1.29, 1.82) is 0 Å². The van der Waals surface area contributed by atoms with E-state index in [0.717, 1.165) is 11.3 Å². The van der Waals surface area contributed by atoms with Crippen LogP contribution in [0.3, 0.4) is 0 Å². The van der Waals surface area contributed by atoms with Crippen LogP contribution in [-0.4, -0.2) is 14.9 Å². The van der Waals surface area contributed by atoms with Crippen LogP contribution in [0.5, 0.6) is 0 Å². The average molecular weight is 313 g/mol. The van der Waals surface area contributed by atoms with Crippen molar-refractivity contribution < 1.29 is 4.39 Å². The topological polar surface area (TPSA) is 41.9 Å². The van der Waals surface area contributed by atoms with Crippen molar-refractivity contribution in [1.82, 2.24) is 15.1 Å². The van der Waals surface area contributed by atoms with E-state index >= 15 is 0 Å². The molecule has 0 amide bonds. The predicted molar refractivity (Wildman–Crippen MR) is 82.4 cm³/mol. The van der Waals surface area contributed by atoms with Crippen molar-refractivity contribution in [2.75, 3.05) is 5.32 Å². The maximum atomic E-state index is 13.0. The largest absolute Gasteiger partial charge is 0.358 e. The SMILES string of the molecule is Cc1c(CNC(=S)Nc2ccc(F)c(Cl)c2)cnn1C. The lowest BCUT2D eigenvalue weighted by atomic mass is 10.2. The van der Waals surface area contributed by atoms with Gasteiger partial charge in [-0.2, -0.15) is 5.10 Å². The van der Waals surface area contributed by atoms with Gasteiger partial charge in [-0.1, -0.05) is 11.6 Å². The monoisotopic (exact) mass is 312 g/mol. The number of hydrogen-bond acceptors (Lipinski definition) is 2. The van der Waals surface area contributed by atoms with Crippen molar-refractivity contribution in [3.63, 3.8) is 0 Å². The second-order valence-corrected chi connectivity index (χ2v) is 5.13. The number of nitrogens with zero attached hydrogens (tertiary/aromatic N) is 2. The summed E-state index contributed by atoms with van der Waals surface area (Å²) >= 11 is 10.9. The lowest BCUT2D eigenvalue weighted by Gasteiger charge is -2.10. The molecule has 0 saturated carbocycles. The zero-order valence-electron chi connectivity index (χ0n) is 11.1. The van der Waals surface area contributed by atoms with E-state index in [1.807, 2.05) is 14.0 Å². The molecule has 20 heavy (non-hydrogen) atoms. The fourth-order valence-electron chi connectivity index (χ4n) is 1.64. The number of halogens is 2. The number of nitrogens with one attached hydrogen (secondary N) is 2. The summed E-state index contributed by atoms with van der Waals surface area (Å²) in [6.45, 7) is 2.56. The molecule has 0 aliphatic carbocycles. The van der Waals surface area contributed by atoms with Gasteiger partial charge in [0.2, 0.25) is 0 Å². The first-order valence-electron chi connectivity index (χ1n) is 5.94. The molecule has 0 radical (unpaired) electrons. The fraction of sp³-hybridized carbons (Fsp3) is 0.231. The molecule has 0 atom stereocenters. The molecule has 1 aromatic heterocycles. The normalized spacial score (nSPS) is 10.4. The van der Waals surface area contributed by atoms with Gasteiger partial charge in [0.05, 0.1) is 11.2 Å². The van der Waals surface area contributed by atoms with Crippen molar-refractivity contribution in [2.45, 2.75) is 13.5 Å². The van der Waals surface area contributed by atoms with E-state index in [-0.39, 0.29) is 5.02 Å². The fourth-order valence-corrected chi connectivity index (χ4v) is 2.01. The minimum Gasteiger partial charge on any atom is -0.358 e. The van der Waals surface area contributed by atoms with Gasteiger partial charge in [-0.3, -0.25) is 4.68 Å². The number of hydrogen-bond donors (Lipinski definition) is 2. The summed E-state index contributed by atoms with van der Waals surface area (Å²) in [4.78, 5) is 0. The minimum atomic E-state index is -0.456. The molecule has 2 N–H and O–H groups in total. The van der Waals surface area contributed by atoms with Crippen molar-refractivity contribution in [3.05, 3.63) is 46.5 Å². The van der Waals surface area contributed by atoms with Gasteiger partial charge in [0.1, 0.15) is 5.82 Å². The molecule has 1 heterocycles. The molecule has 0 unspecified atom stereocenters. The van der Waals surface area contributed by atoms with Crippen molar-refractivity contribution in [2.24, 2.45) is 7.05 Å². The van der Waals surface area contributed by atoms with E-state index in [1.165, 1.54) is 12.1 Å². The van der Waals surface area contributed by atoms with Gasteiger partial charge >= 0.3 is 0 Å². The van der Waals surface area contributed by atoms with Crippen LogP contribution >= 0.6 is 23.8 Å². The zero-order chi connectivity index (χ0) is 14.7. The second-order valence-electron chi connectivity index (χ2n) is 4.32. The van der Waals surface area contributed by atoms with Crippen LogP contribution in [-0.2, 0) is 13.6 Å². The minimum absolute atomic E-state index is 0.0564. The molecule has 0 saturated heterocycles. The van der Waals surface area contributed by atoms with Gasteiger partial charge in [-0.25, -0.2) is 4.39 Å². The van der Waals surface area contributed by atoms with Crippen molar-refractivity contribution >= 4 is 34.6 Å². The molecule has 4 nitrogen and oxygen atoms in total. The smallest absolute Gasteiger partial charge is 0.171 e. The summed E-state index contributed by atoms with van der Waals surface area (Å²) in [7, 11) is 1.88. The molecular formula is C13H14ClFN4S. The highest BCUT2D eigenvalue weighted by Crippen LogP contribution is 2.19. The molecule has 0 spiro atoms. The zero-order valence-corrected chi connectivity index (χ0v) is 12.6. The standard InChI is InChI=1S/C13H14ClFN4S/c1-8-9(7-17-19(8)2)6-16-13(20)18-10-3-4-12(15)11(14)5-10/h3-5,7H,6H2,1-2H3,(H2,16,18,20). The highest BCUT2D eigenvalue weighted by Gasteiger charge is 2.05. The van der Waals surface area contributed by atoms with Gasteiger partial charge in [0, 0.05) is 30.5 Å². The molecular weight excluding hydrogens is 299 g/mol. The molecule has 0 aliphatic heterocycles. The second kappa shape index (κ2) is 6.19. The quantitative estimate of drug-likeness (QED) is 0.855. The third kappa shape index (κ3) is 3.46. The number of thiocarbonyl (C=S) groups is 1. The Kier molecular flexibility index (Phi) is 4.57. The first kappa shape index (κ1) is 14.7. The maximum absolute atomic E-state index is 13.0. The third-order valence-electron chi connectivity index (χ3n) is 2.95. The number of anilines is 1. The van der Waals surface area contributed by atoms with E-state index < -0.39 is 5.82 Å². The van der Waals surface area contributed by atoms with E-state index in [9.17, 15) is 4.39 Å². The molecule has 0 fully saturated rings. The average Bonchev–Trinajstić information content (AvgIpc) is 2.72. The van der Waals surface area contributed by atoms with Gasteiger partial charge in [0.15, 0.2) is 5.11 Å². The van der Waals surface area contributed by atoms with Gasteiger partial charge < -0.3 is 10.6 Å². The van der Waals surface area contributed by atoms with Crippen LogP contribution in [0.1, 0.15) is 11.3 Å². The summed E-state index contributed by atoms with van der Waals surface area (Å²) in [5.41, 5.74) is 2.77. The Morgan fingerprint density at radius 2 is 2.25 bits per heavy atom. The third-order valence-corrected chi connectivity index (χ3v) is 3.49. The Hall–Kier alpha value is -1.66. The van der Waals surface area contributed by atoms with Crippen LogP contribution in [0.2, 0.25) is 5.02 Å². The Morgan fingerprint density at radius 3 is 2.85 bits per heavy atom. The Morgan fingerprint density at radius 1 is 1.50 bits per heavy atom. The summed E-state index contributed by atoms with van der Waals surface area (Å²) in [6.07, 6.45) is 1.79. The van der Waals surface area contributed by atoms with E-state index in [1.54, 1.807) is 16.9 Å². The van der Waals surface area contributed by atoms with Crippen LogP contribution < -0.4 is 10.6 Å². The highest BCUT2D eigenvalue weighted by atomic mass is 35.5. The summed E-state index contributed by atoms with van der Waals surface area (Å²) in [6, 6.07) is 4.35. The first-order chi connectivity index (χ1) is 9.47.